The van der Waals surface area contributed by atoms with E-state index < -0.39 is 5.97 Å². The molecule has 0 amide bonds. The van der Waals surface area contributed by atoms with Crippen LogP contribution in [0, 0.1) is 0 Å². The number of rotatable bonds is 10. The molecule has 0 saturated carbocycles. The molecule has 1 atom stereocenters. The van der Waals surface area contributed by atoms with Crippen LogP contribution >= 0.6 is 0 Å². The van der Waals surface area contributed by atoms with Gasteiger partial charge in [0.15, 0.2) is 0 Å². The minimum Gasteiger partial charge on any atom is -0.496 e. The minimum atomic E-state index is -0.403. The van der Waals surface area contributed by atoms with E-state index in [1.54, 1.807) is 32.2 Å². The molecule has 0 saturated heterocycles. The maximum atomic E-state index is 12.4. The highest BCUT2D eigenvalue weighted by Gasteiger charge is 2.26. The molecule has 42 heavy (non-hydrogen) atoms. The highest BCUT2D eigenvalue weighted by Crippen LogP contribution is 2.36. The first-order valence-electron chi connectivity index (χ1n) is 14.2. The zero-order valence-corrected chi connectivity index (χ0v) is 23.8. The largest absolute Gasteiger partial charge is 0.496 e. The SMILES string of the molecule is CCOC(=O)c1ccccc1OCc1cc([C@@H]2NCCc3c2[nH]c2ccc(OCc4ccccc4)cc32)ccc1OC. The fourth-order valence-electron chi connectivity index (χ4n) is 5.54. The van der Waals surface area contributed by atoms with Gasteiger partial charge >= 0.3 is 5.97 Å². The van der Waals surface area contributed by atoms with Crippen LogP contribution in [-0.4, -0.2) is 31.2 Å². The van der Waals surface area contributed by atoms with Gasteiger partial charge in [-0.3, -0.25) is 0 Å². The van der Waals surface area contributed by atoms with Crippen molar-refractivity contribution in [1.82, 2.24) is 10.3 Å². The summed E-state index contributed by atoms with van der Waals surface area (Å²) < 4.78 is 23.1. The van der Waals surface area contributed by atoms with Crippen molar-refractivity contribution in [2.45, 2.75) is 32.6 Å². The fraction of sp³-hybridized carbons (Fsp3) is 0.229. The Labute approximate surface area is 245 Å². The summed E-state index contributed by atoms with van der Waals surface area (Å²) >= 11 is 0. The molecule has 0 fully saturated rings. The number of para-hydroxylation sites is 1. The smallest absolute Gasteiger partial charge is 0.341 e. The number of H-pyrrole nitrogens is 1. The van der Waals surface area contributed by atoms with Gasteiger partial charge in [-0.25, -0.2) is 4.79 Å². The molecular formula is C35H34N2O5. The van der Waals surface area contributed by atoms with E-state index in [1.165, 1.54) is 10.9 Å². The average molecular weight is 563 g/mol. The lowest BCUT2D eigenvalue weighted by Crippen LogP contribution is -2.30. The topological polar surface area (TPSA) is 81.8 Å². The van der Waals surface area contributed by atoms with E-state index in [0.29, 0.717) is 24.5 Å². The van der Waals surface area contributed by atoms with Crippen LogP contribution in [0.25, 0.3) is 10.9 Å². The van der Waals surface area contributed by atoms with Gasteiger partial charge in [-0.1, -0.05) is 48.5 Å². The molecule has 2 heterocycles. The first-order chi connectivity index (χ1) is 20.6. The highest BCUT2D eigenvalue weighted by molar-refractivity contribution is 5.92. The fourth-order valence-corrected chi connectivity index (χ4v) is 5.54. The number of ether oxygens (including phenoxy) is 4. The molecule has 0 unspecified atom stereocenters. The van der Waals surface area contributed by atoms with Crippen LogP contribution in [0.1, 0.15) is 51.3 Å². The molecule has 4 aromatic carbocycles. The van der Waals surface area contributed by atoms with Gasteiger partial charge in [0.05, 0.1) is 19.8 Å². The predicted molar refractivity (Wildman–Crippen MR) is 162 cm³/mol. The van der Waals surface area contributed by atoms with E-state index in [0.717, 1.165) is 52.4 Å². The third-order valence-electron chi connectivity index (χ3n) is 7.57. The van der Waals surface area contributed by atoms with Crippen LogP contribution in [0.4, 0.5) is 0 Å². The summed E-state index contributed by atoms with van der Waals surface area (Å²) in [6.45, 7) is 3.71. The zero-order chi connectivity index (χ0) is 28.9. The number of esters is 1. The molecule has 0 aliphatic carbocycles. The molecule has 7 nitrogen and oxygen atoms in total. The zero-order valence-electron chi connectivity index (χ0n) is 23.8. The molecule has 0 spiro atoms. The van der Waals surface area contributed by atoms with Gasteiger partial charge in [0.1, 0.15) is 36.0 Å². The number of nitrogens with one attached hydrogen (secondary N) is 2. The molecule has 1 aromatic heterocycles. The number of hydrogen-bond acceptors (Lipinski definition) is 6. The van der Waals surface area contributed by atoms with Crippen molar-refractivity contribution < 1.29 is 23.7 Å². The summed E-state index contributed by atoms with van der Waals surface area (Å²) in [6.07, 6.45) is 0.921. The monoisotopic (exact) mass is 562 g/mol. The summed E-state index contributed by atoms with van der Waals surface area (Å²) in [7, 11) is 1.65. The number of aromatic amines is 1. The first kappa shape index (κ1) is 27.4. The van der Waals surface area contributed by atoms with Crippen LogP contribution in [0.3, 0.4) is 0 Å². The number of benzene rings is 4. The van der Waals surface area contributed by atoms with Crippen LogP contribution in [-0.2, 0) is 24.4 Å². The van der Waals surface area contributed by atoms with Gasteiger partial charge in [0.2, 0.25) is 0 Å². The molecule has 214 valence electrons. The van der Waals surface area contributed by atoms with Crippen molar-refractivity contribution in [3.8, 4) is 17.2 Å². The van der Waals surface area contributed by atoms with Gasteiger partial charge in [-0.2, -0.15) is 0 Å². The summed E-state index contributed by atoms with van der Waals surface area (Å²) in [4.78, 5) is 16.1. The summed E-state index contributed by atoms with van der Waals surface area (Å²) in [5, 5.41) is 4.87. The van der Waals surface area contributed by atoms with E-state index in [2.05, 4.69) is 46.7 Å². The second kappa shape index (κ2) is 12.4. The third-order valence-corrected chi connectivity index (χ3v) is 7.57. The second-order valence-corrected chi connectivity index (χ2v) is 10.2. The van der Waals surface area contributed by atoms with E-state index in [-0.39, 0.29) is 12.6 Å². The first-order valence-corrected chi connectivity index (χ1v) is 14.2. The Morgan fingerprint density at radius 1 is 0.881 bits per heavy atom. The Balaban J connectivity index is 1.25. The Bertz CT molecular complexity index is 1700. The van der Waals surface area contributed by atoms with Crippen LogP contribution < -0.4 is 19.5 Å². The van der Waals surface area contributed by atoms with Crippen molar-refractivity contribution in [2.24, 2.45) is 0 Å². The summed E-state index contributed by atoms with van der Waals surface area (Å²) in [5.41, 5.74) is 7.07. The standard InChI is InChI=1S/C35H34N2O5/c1-3-40-35(38)28-11-7-8-12-32(28)42-22-25-19-24(13-16-31(25)39-2)33-34-27(17-18-36-33)29-20-26(14-15-30(29)37-34)41-21-23-9-5-4-6-10-23/h4-16,19-20,33,36-37H,3,17-18,21-22H2,1-2H3/t33-/m0/s1. The number of methoxy groups -OCH3 is 1. The van der Waals surface area contributed by atoms with Crippen LogP contribution in [0.5, 0.6) is 17.2 Å². The molecule has 5 aromatic rings. The number of hydrogen-bond donors (Lipinski definition) is 2. The molecule has 0 radical (unpaired) electrons. The Morgan fingerprint density at radius 2 is 1.71 bits per heavy atom. The molecule has 0 bridgehead atoms. The van der Waals surface area contributed by atoms with Gasteiger partial charge < -0.3 is 29.2 Å². The molecule has 1 aliphatic rings. The molecular weight excluding hydrogens is 528 g/mol. The van der Waals surface area contributed by atoms with Gasteiger partial charge in [0, 0.05) is 28.7 Å². The average Bonchev–Trinajstić information content (AvgIpc) is 3.41. The third kappa shape index (κ3) is 5.69. The lowest BCUT2D eigenvalue weighted by Gasteiger charge is -2.26. The maximum absolute atomic E-state index is 12.4. The summed E-state index contributed by atoms with van der Waals surface area (Å²) in [6, 6.07) is 29.7. The second-order valence-electron chi connectivity index (χ2n) is 10.2. The van der Waals surface area contributed by atoms with Crippen molar-refractivity contribution in [1.29, 1.82) is 0 Å². The van der Waals surface area contributed by atoms with E-state index in [4.69, 9.17) is 18.9 Å². The van der Waals surface area contributed by atoms with Crippen LogP contribution in [0.2, 0.25) is 0 Å². The van der Waals surface area contributed by atoms with E-state index in [9.17, 15) is 4.79 Å². The van der Waals surface area contributed by atoms with Crippen molar-refractivity contribution in [2.75, 3.05) is 20.3 Å². The van der Waals surface area contributed by atoms with E-state index in [1.807, 2.05) is 36.4 Å². The maximum Gasteiger partial charge on any atom is 0.341 e. The lowest BCUT2D eigenvalue weighted by molar-refractivity contribution is 0.0521. The molecule has 6 rings (SSSR count). The Morgan fingerprint density at radius 3 is 2.55 bits per heavy atom. The van der Waals surface area contributed by atoms with Gasteiger partial charge in [-0.15, -0.1) is 0 Å². The van der Waals surface area contributed by atoms with E-state index >= 15 is 0 Å². The number of fused-ring (bicyclic) bond motifs is 3. The number of carbonyl (C=O) groups is 1. The molecule has 2 N–H and O–H groups in total. The van der Waals surface area contributed by atoms with Crippen LogP contribution in [0.15, 0.2) is 91.0 Å². The highest BCUT2D eigenvalue weighted by atomic mass is 16.5. The quantitative estimate of drug-likeness (QED) is 0.183. The Kier molecular flexibility index (Phi) is 8.10. The molecule has 1 aliphatic heterocycles. The van der Waals surface area contributed by atoms with Crippen molar-refractivity contribution in [3.05, 3.63) is 125 Å². The summed E-state index contributed by atoms with van der Waals surface area (Å²) in [5.74, 6) is 1.65. The number of carbonyl (C=O) groups excluding carboxylic acids is 1. The minimum absolute atomic E-state index is 0.0219. The molecule has 7 heteroatoms. The predicted octanol–water partition coefficient (Wildman–Crippen LogP) is 6.75. The lowest BCUT2D eigenvalue weighted by atomic mass is 9.93. The normalized spacial score (nSPS) is 14.3. The van der Waals surface area contributed by atoms with Gasteiger partial charge in [-0.05, 0) is 72.5 Å². The Hall–Kier alpha value is -4.75. The number of aromatic nitrogens is 1. The van der Waals surface area contributed by atoms with Crippen molar-refractivity contribution >= 4 is 16.9 Å². The van der Waals surface area contributed by atoms with Crippen molar-refractivity contribution in [3.63, 3.8) is 0 Å². The van der Waals surface area contributed by atoms with Gasteiger partial charge in [0.25, 0.3) is 0 Å².